The number of amides is 1. The van der Waals surface area contributed by atoms with Gasteiger partial charge in [-0.3, -0.25) is 0 Å². The van der Waals surface area contributed by atoms with Crippen LogP contribution in [-0.2, 0) is 17.7 Å². The Morgan fingerprint density at radius 3 is 2.76 bits per heavy atom. The van der Waals surface area contributed by atoms with Crippen molar-refractivity contribution in [2.24, 2.45) is 0 Å². The van der Waals surface area contributed by atoms with Gasteiger partial charge in [0.25, 0.3) is 0 Å². The summed E-state index contributed by atoms with van der Waals surface area (Å²) in [5, 5.41) is 12.8. The lowest BCUT2D eigenvalue weighted by Crippen LogP contribution is -2.56. The van der Waals surface area contributed by atoms with Gasteiger partial charge in [0.2, 0.25) is 0 Å². The highest BCUT2D eigenvalue weighted by Crippen LogP contribution is 2.29. The number of likely N-dealkylation sites (N-methyl/N-ethyl adjacent to an activating group) is 1. The first-order valence-corrected chi connectivity index (χ1v) is 11.6. The largest absolute Gasteiger partial charge is 0.459 e. The van der Waals surface area contributed by atoms with E-state index in [1.165, 1.54) is 0 Å². The van der Waals surface area contributed by atoms with Crippen LogP contribution in [0.2, 0.25) is 0 Å². The second kappa shape index (κ2) is 10.5. The van der Waals surface area contributed by atoms with Gasteiger partial charge in [-0.15, -0.1) is 0 Å². The Hall–Kier alpha value is -2.64. The lowest BCUT2D eigenvalue weighted by Gasteiger charge is -2.42. The molecule has 0 bridgehead atoms. The van der Waals surface area contributed by atoms with Crippen LogP contribution < -0.4 is 15.0 Å². The van der Waals surface area contributed by atoms with Crippen molar-refractivity contribution in [2.45, 2.75) is 64.8 Å². The van der Waals surface area contributed by atoms with Gasteiger partial charge in [-0.05, 0) is 54.8 Å². The first kappa shape index (κ1) is 25.0. The molecule has 2 aliphatic heterocycles. The highest BCUT2D eigenvalue weighted by Gasteiger charge is 2.35. The summed E-state index contributed by atoms with van der Waals surface area (Å²) < 4.78 is 11.6. The third-order valence-corrected chi connectivity index (χ3v) is 5.56. The average Bonchev–Trinajstić information content (AvgIpc) is 2.71. The Bertz CT molecular complexity index is 878. The van der Waals surface area contributed by atoms with E-state index in [0.717, 1.165) is 36.6 Å². The van der Waals surface area contributed by atoms with E-state index in [9.17, 15) is 10.1 Å². The molecule has 0 radical (unpaired) electrons. The van der Waals surface area contributed by atoms with Gasteiger partial charge in [-0.1, -0.05) is 0 Å². The van der Waals surface area contributed by atoms with Gasteiger partial charge >= 0.3 is 12.1 Å². The molecular formula is C23H37N7O3. The number of hydrogen-bond donors (Lipinski definition) is 1. The maximum absolute atomic E-state index is 12.8. The number of nitriles is 1. The molecule has 1 saturated heterocycles. The third-order valence-electron chi connectivity index (χ3n) is 5.56. The van der Waals surface area contributed by atoms with Crippen molar-refractivity contribution >= 4 is 11.9 Å². The monoisotopic (exact) mass is 459 g/mol. The molecule has 0 aromatic carbocycles. The fourth-order valence-corrected chi connectivity index (χ4v) is 4.25. The van der Waals surface area contributed by atoms with Crippen LogP contribution in [0.1, 0.15) is 45.4 Å². The number of anilines is 1. The van der Waals surface area contributed by atoms with Gasteiger partial charge in [0.1, 0.15) is 17.5 Å². The van der Waals surface area contributed by atoms with E-state index in [-0.39, 0.29) is 24.7 Å². The van der Waals surface area contributed by atoms with Crippen LogP contribution in [0.5, 0.6) is 6.01 Å². The number of ether oxygens (including phenoxy) is 2. The second-order valence-electron chi connectivity index (χ2n) is 10.0. The summed E-state index contributed by atoms with van der Waals surface area (Å²) in [5.41, 5.74) is 1.48. The number of carbonyl (C=O) groups is 1. The minimum Gasteiger partial charge on any atom is -0.459 e. The number of fused-ring (bicyclic) bond motifs is 1. The summed E-state index contributed by atoms with van der Waals surface area (Å²) in [6.45, 7) is 11.4. The van der Waals surface area contributed by atoms with Gasteiger partial charge in [0.15, 0.2) is 0 Å². The quantitative estimate of drug-likeness (QED) is 0.681. The number of nitrogens with one attached hydrogen (secondary N) is 1. The summed E-state index contributed by atoms with van der Waals surface area (Å²) in [6, 6.07) is 2.32. The fourth-order valence-electron chi connectivity index (χ4n) is 4.25. The van der Waals surface area contributed by atoms with E-state index in [4.69, 9.17) is 14.5 Å². The minimum atomic E-state index is -0.584. The Balaban J connectivity index is 1.85. The first-order valence-electron chi connectivity index (χ1n) is 11.6. The van der Waals surface area contributed by atoms with Crippen molar-refractivity contribution in [1.29, 1.82) is 5.26 Å². The molecule has 2 aliphatic rings. The second-order valence-corrected chi connectivity index (χ2v) is 10.0. The lowest BCUT2D eigenvalue weighted by atomic mass is 10.0. The number of aromatic nitrogens is 2. The topological polar surface area (TPSA) is 107 Å². The lowest BCUT2D eigenvalue weighted by molar-refractivity contribution is 0.0144. The van der Waals surface area contributed by atoms with Crippen LogP contribution in [0.15, 0.2) is 0 Å². The molecule has 1 N–H and O–H groups in total. The van der Waals surface area contributed by atoms with Gasteiger partial charge < -0.3 is 29.5 Å². The van der Waals surface area contributed by atoms with E-state index in [0.29, 0.717) is 32.2 Å². The van der Waals surface area contributed by atoms with Crippen LogP contribution in [-0.4, -0.2) is 90.4 Å². The minimum absolute atomic E-state index is 0.0576. The van der Waals surface area contributed by atoms with E-state index in [1.54, 1.807) is 4.90 Å². The summed E-state index contributed by atoms with van der Waals surface area (Å²) in [7, 11) is 4.00. The number of rotatable bonds is 6. The zero-order valence-electron chi connectivity index (χ0n) is 20.7. The predicted molar refractivity (Wildman–Crippen MR) is 125 cm³/mol. The molecule has 1 aromatic rings. The average molecular weight is 460 g/mol. The summed E-state index contributed by atoms with van der Waals surface area (Å²) in [4.78, 5) is 28.1. The molecule has 1 aromatic heterocycles. The Labute approximate surface area is 196 Å². The van der Waals surface area contributed by atoms with Gasteiger partial charge in [0, 0.05) is 38.3 Å². The summed E-state index contributed by atoms with van der Waals surface area (Å²) >= 11 is 0. The van der Waals surface area contributed by atoms with Crippen molar-refractivity contribution in [2.75, 3.05) is 51.7 Å². The van der Waals surface area contributed by atoms with Gasteiger partial charge in [-0.25, -0.2) is 4.79 Å². The SMILES string of the molecule is C[C@H](CN(C)C)Oc1nc2c(c(N3CCN(C(=O)OC(C)(C)C)C(CC#N)C3)n1)CCNC2. The van der Waals surface area contributed by atoms with Crippen molar-refractivity contribution in [3.05, 3.63) is 11.3 Å². The zero-order chi connectivity index (χ0) is 24.2. The Morgan fingerprint density at radius 1 is 1.33 bits per heavy atom. The van der Waals surface area contributed by atoms with Crippen molar-refractivity contribution < 1.29 is 14.3 Å². The molecule has 0 aliphatic carbocycles. The molecule has 0 saturated carbocycles. The van der Waals surface area contributed by atoms with Crippen molar-refractivity contribution in [1.82, 2.24) is 25.1 Å². The van der Waals surface area contributed by atoms with Crippen LogP contribution >= 0.6 is 0 Å². The number of piperazine rings is 1. The molecule has 1 unspecified atom stereocenters. The number of hydrogen-bond acceptors (Lipinski definition) is 9. The Kier molecular flexibility index (Phi) is 7.97. The molecule has 182 valence electrons. The molecule has 10 nitrogen and oxygen atoms in total. The van der Waals surface area contributed by atoms with E-state index >= 15 is 0 Å². The smallest absolute Gasteiger partial charge is 0.410 e. The van der Waals surface area contributed by atoms with Crippen LogP contribution in [0.3, 0.4) is 0 Å². The molecule has 3 heterocycles. The van der Waals surface area contributed by atoms with E-state index < -0.39 is 5.60 Å². The third kappa shape index (κ3) is 6.68. The van der Waals surface area contributed by atoms with Gasteiger partial charge in [0.05, 0.1) is 24.2 Å². The Morgan fingerprint density at radius 2 is 2.09 bits per heavy atom. The van der Waals surface area contributed by atoms with E-state index in [2.05, 4.69) is 26.2 Å². The number of carbonyl (C=O) groups excluding carboxylic acids is 1. The standard InChI is InChI=1S/C23H37N7O3/c1-16(14-28(5)6)32-21-26-19-13-25-10-8-18(19)20(27-21)29-11-12-30(17(15-29)7-9-24)22(31)33-23(2,3)4/h16-17,25H,7-8,10-15H2,1-6H3/t16-,17?/m1/s1. The highest BCUT2D eigenvalue weighted by molar-refractivity contribution is 5.69. The molecule has 10 heteroatoms. The van der Waals surface area contributed by atoms with Crippen molar-refractivity contribution in [3.63, 3.8) is 0 Å². The molecule has 2 atom stereocenters. The molecule has 33 heavy (non-hydrogen) atoms. The maximum atomic E-state index is 12.8. The first-order chi connectivity index (χ1) is 15.6. The van der Waals surface area contributed by atoms with Crippen LogP contribution in [0, 0.1) is 11.3 Å². The summed E-state index contributed by atoms with van der Waals surface area (Å²) in [5.74, 6) is 0.848. The molecule has 3 rings (SSSR count). The highest BCUT2D eigenvalue weighted by atomic mass is 16.6. The fraction of sp³-hybridized carbons (Fsp3) is 0.739. The molecular weight excluding hydrogens is 422 g/mol. The van der Waals surface area contributed by atoms with Crippen LogP contribution in [0.25, 0.3) is 0 Å². The number of nitrogens with zero attached hydrogens (tertiary/aromatic N) is 6. The summed E-state index contributed by atoms with van der Waals surface area (Å²) in [6.07, 6.45) is 0.622. The maximum Gasteiger partial charge on any atom is 0.410 e. The molecule has 1 fully saturated rings. The van der Waals surface area contributed by atoms with Crippen molar-refractivity contribution in [3.8, 4) is 12.1 Å². The predicted octanol–water partition coefficient (Wildman–Crippen LogP) is 1.79. The van der Waals surface area contributed by atoms with Crippen LogP contribution in [0.4, 0.5) is 10.6 Å². The van der Waals surface area contributed by atoms with Gasteiger partial charge in [-0.2, -0.15) is 15.2 Å². The van der Waals surface area contributed by atoms with E-state index in [1.807, 2.05) is 41.8 Å². The zero-order valence-corrected chi connectivity index (χ0v) is 20.7. The molecule has 1 amide bonds. The normalized spacial score (nSPS) is 19.6. The molecule has 0 spiro atoms.